The molecule has 2 heterocycles. The summed E-state index contributed by atoms with van der Waals surface area (Å²) in [7, 11) is -4.08. The first-order chi connectivity index (χ1) is 12.5. The fraction of sp³-hybridized carbons (Fsp3) is 0.444. The number of ether oxygens (including phenoxy) is 1. The molecule has 138 valence electrons. The van der Waals surface area contributed by atoms with Gasteiger partial charge in [0.25, 0.3) is 0 Å². The SMILES string of the molecule is O=C1C(N2CCCC2)=C(S(=O)(=O)N2CCOCC2)C(=O)c2ccccc21. The first kappa shape index (κ1) is 17.4. The van der Waals surface area contributed by atoms with E-state index in [0.29, 0.717) is 13.1 Å². The van der Waals surface area contributed by atoms with Crippen LogP contribution in [0.1, 0.15) is 33.6 Å². The van der Waals surface area contributed by atoms with E-state index >= 15 is 0 Å². The fourth-order valence-corrected chi connectivity index (χ4v) is 5.42. The van der Waals surface area contributed by atoms with Crippen LogP contribution < -0.4 is 0 Å². The van der Waals surface area contributed by atoms with Gasteiger partial charge in [-0.3, -0.25) is 9.59 Å². The van der Waals surface area contributed by atoms with Gasteiger partial charge in [0.05, 0.1) is 13.2 Å². The maximum Gasteiger partial charge on any atom is 0.249 e. The third-order valence-electron chi connectivity index (χ3n) is 5.04. The summed E-state index contributed by atoms with van der Waals surface area (Å²) in [6, 6.07) is 6.44. The molecule has 7 nitrogen and oxygen atoms in total. The monoisotopic (exact) mass is 376 g/mol. The standard InChI is InChI=1S/C18H20N2O5S/c21-16-13-5-1-2-6-14(13)17(22)18(15(16)19-7-3-4-8-19)26(23,24)20-9-11-25-12-10-20/h1-2,5-6H,3-4,7-12H2. The number of hydrogen-bond acceptors (Lipinski definition) is 6. The molecule has 2 aliphatic heterocycles. The molecule has 0 radical (unpaired) electrons. The summed E-state index contributed by atoms with van der Waals surface area (Å²) in [5, 5.41) is 0. The first-order valence-corrected chi connectivity index (χ1v) is 10.2. The molecule has 2 saturated heterocycles. The van der Waals surface area contributed by atoms with Crippen molar-refractivity contribution in [1.29, 1.82) is 0 Å². The molecule has 0 atom stereocenters. The minimum absolute atomic E-state index is 0.0395. The molecule has 0 amide bonds. The lowest BCUT2D eigenvalue weighted by atomic mass is 9.92. The third kappa shape index (κ3) is 2.69. The zero-order chi connectivity index (χ0) is 18.3. The van der Waals surface area contributed by atoms with Gasteiger partial charge in [0.15, 0.2) is 4.91 Å². The number of likely N-dealkylation sites (tertiary alicyclic amines) is 1. The highest BCUT2D eigenvalue weighted by molar-refractivity contribution is 7.94. The predicted molar refractivity (Wildman–Crippen MR) is 94.2 cm³/mol. The van der Waals surface area contributed by atoms with Crippen LogP contribution in [-0.2, 0) is 14.8 Å². The van der Waals surface area contributed by atoms with Crippen molar-refractivity contribution < 1.29 is 22.7 Å². The smallest absolute Gasteiger partial charge is 0.249 e. The van der Waals surface area contributed by atoms with Crippen LogP contribution in [0.25, 0.3) is 0 Å². The summed E-state index contributed by atoms with van der Waals surface area (Å²) in [4.78, 5) is 27.7. The number of sulfonamides is 1. The van der Waals surface area contributed by atoms with Gasteiger partial charge in [-0.05, 0) is 12.8 Å². The number of rotatable bonds is 3. The number of ketones is 2. The number of fused-ring (bicyclic) bond motifs is 1. The van der Waals surface area contributed by atoms with Gasteiger partial charge < -0.3 is 9.64 Å². The van der Waals surface area contributed by atoms with Crippen LogP contribution in [0, 0.1) is 0 Å². The highest BCUT2D eigenvalue weighted by atomic mass is 32.2. The molecule has 3 aliphatic rings. The second-order valence-electron chi connectivity index (χ2n) is 6.59. The zero-order valence-corrected chi connectivity index (χ0v) is 15.1. The minimum Gasteiger partial charge on any atom is -0.379 e. The summed E-state index contributed by atoms with van der Waals surface area (Å²) in [5.41, 5.74) is 0.477. The average Bonchev–Trinajstić information content (AvgIpc) is 3.19. The van der Waals surface area contributed by atoms with Gasteiger partial charge in [0.1, 0.15) is 5.70 Å². The molecular formula is C18H20N2O5S. The van der Waals surface area contributed by atoms with Crippen LogP contribution in [0.15, 0.2) is 34.9 Å². The Bertz CT molecular complexity index is 894. The number of hydrogen-bond donors (Lipinski definition) is 0. The molecule has 2 fully saturated rings. The van der Waals surface area contributed by atoms with Crippen molar-refractivity contribution in [3.05, 3.63) is 46.0 Å². The molecule has 0 saturated carbocycles. The Hall–Kier alpha value is -2.03. The van der Waals surface area contributed by atoms with Crippen molar-refractivity contribution in [2.24, 2.45) is 0 Å². The van der Waals surface area contributed by atoms with Crippen LogP contribution in [0.4, 0.5) is 0 Å². The lowest BCUT2D eigenvalue weighted by Crippen LogP contribution is -2.45. The molecule has 1 aromatic carbocycles. The Morgan fingerprint density at radius 2 is 1.42 bits per heavy atom. The largest absolute Gasteiger partial charge is 0.379 e. The molecule has 0 aromatic heterocycles. The lowest BCUT2D eigenvalue weighted by Gasteiger charge is -2.32. The van der Waals surface area contributed by atoms with Crippen molar-refractivity contribution in [1.82, 2.24) is 9.21 Å². The highest BCUT2D eigenvalue weighted by Crippen LogP contribution is 2.34. The number of carbonyl (C=O) groups excluding carboxylic acids is 2. The molecule has 0 spiro atoms. The molecule has 0 N–H and O–H groups in total. The van der Waals surface area contributed by atoms with E-state index in [0.717, 1.165) is 12.8 Å². The number of carbonyl (C=O) groups is 2. The number of nitrogens with zero attached hydrogens (tertiary/aromatic N) is 2. The maximum absolute atomic E-state index is 13.3. The number of allylic oxidation sites excluding steroid dienone is 2. The topological polar surface area (TPSA) is 84.0 Å². The third-order valence-corrected chi connectivity index (χ3v) is 6.98. The Morgan fingerprint density at radius 3 is 2.04 bits per heavy atom. The number of benzene rings is 1. The van der Waals surface area contributed by atoms with E-state index in [1.165, 1.54) is 10.4 Å². The zero-order valence-electron chi connectivity index (χ0n) is 14.3. The normalized spacial score (nSPS) is 22.1. The molecule has 4 rings (SSSR count). The molecular weight excluding hydrogens is 356 g/mol. The van der Waals surface area contributed by atoms with Gasteiger partial charge in [-0.25, -0.2) is 8.42 Å². The van der Waals surface area contributed by atoms with Gasteiger partial charge in [-0.15, -0.1) is 0 Å². The van der Waals surface area contributed by atoms with Crippen LogP contribution in [0.5, 0.6) is 0 Å². The summed E-state index contributed by atoms with van der Waals surface area (Å²) < 4.78 is 33.1. The van der Waals surface area contributed by atoms with E-state index in [-0.39, 0.29) is 53.8 Å². The number of morpholine rings is 1. The Labute approximate surface area is 152 Å². The highest BCUT2D eigenvalue weighted by Gasteiger charge is 2.44. The van der Waals surface area contributed by atoms with Gasteiger partial charge in [0.2, 0.25) is 21.6 Å². The predicted octanol–water partition coefficient (Wildman–Crippen LogP) is 1.03. The minimum atomic E-state index is -4.08. The first-order valence-electron chi connectivity index (χ1n) is 8.77. The van der Waals surface area contributed by atoms with Gasteiger partial charge in [0, 0.05) is 37.3 Å². The Morgan fingerprint density at radius 1 is 0.846 bits per heavy atom. The second kappa shape index (κ2) is 6.61. The molecule has 8 heteroatoms. The molecule has 0 bridgehead atoms. The summed E-state index contributed by atoms with van der Waals surface area (Å²) in [5.74, 6) is -0.970. The number of Topliss-reactive ketones (excluding diaryl/α,β-unsaturated/α-hetero) is 2. The van der Waals surface area contributed by atoms with Crippen molar-refractivity contribution in [3.63, 3.8) is 0 Å². The molecule has 26 heavy (non-hydrogen) atoms. The average molecular weight is 376 g/mol. The fourth-order valence-electron chi connectivity index (χ4n) is 3.72. The summed E-state index contributed by atoms with van der Waals surface area (Å²) in [6.45, 7) is 2.09. The van der Waals surface area contributed by atoms with E-state index in [1.807, 2.05) is 0 Å². The van der Waals surface area contributed by atoms with Gasteiger partial charge in [-0.1, -0.05) is 24.3 Å². The van der Waals surface area contributed by atoms with Crippen molar-refractivity contribution in [3.8, 4) is 0 Å². The Kier molecular flexibility index (Phi) is 4.42. The van der Waals surface area contributed by atoms with Crippen molar-refractivity contribution in [2.45, 2.75) is 12.8 Å². The quantitative estimate of drug-likeness (QED) is 0.784. The van der Waals surface area contributed by atoms with E-state index in [9.17, 15) is 18.0 Å². The molecule has 1 aromatic rings. The van der Waals surface area contributed by atoms with Crippen molar-refractivity contribution in [2.75, 3.05) is 39.4 Å². The molecule has 1 aliphatic carbocycles. The second-order valence-corrected chi connectivity index (χ2v) is 8.47. The summed E-state index contributed by atoms with van der Waals surface area (Å²) >= 11 is 0. The Balaban J connectivity index is 1.90. The van der Waals surface area contributed by atoms with E-state index < -0.39 is 15.8 Å². The summed E-state index contributed by atoms with van der Waals surface area (Å²) in [6.07, 6.45) is 1.75. The van der Waals surface area contributed by atoms with Gasteiger partial charge in [-0.2, -0.15) is 4.31 Å². The van der Waals surface area contributed by atoms with Crippen LogP contribution in [0.2, 0.25) is 0 Å². The maximum atomic E-state index is 13.3. The van der Waals surface area contributed by atoms with Crippen LogP contribution in [-0.4, -0.2) is 68.6 Å². The molecule has 0 unspecified atom stereocenters. The van der Waals surface area contributed by atoms with E-state index in [1.54, 1.807) is 23.1 Å². The van der Waals surface area contributed by atoms with Gasteiger partial charge >= 0.3 is 0 Å². The van der Waals surface area contributed by atoms with E-state index in [4.69, 9.17) is 4.74 Å². The van der Waals surface area contributed by atoms with Crippen LogP contribution >= 0.6 is 0 Å². The lowest BCUT2D eigenvalue weighted by molar-refractivity contribution is 0.0731. The van der Waals surface area contributed by atoms with Crippen molar-refractivity contribution >= 4 is 21.6 Å². The van der Waals surface area contributed by atoms with E-state index in [2.05, 4.69) is 0 Å². The van der Waals surface area contributed by atoms with Crippen LogP contribution in [0.3, 0.4) is 0 Å².